The zero-order valence-electron chi connectivity index (χ0n) is 11.6. The van der Waals surface area contributed by atoms with E-state index in [4.69, 9.17) is 9.11 Å². The highest BCUT2D eigenvalue weighted by molar-refractivity contribution is 7.86. The molecule has 21 heavy (non-hydrogen) atoms. The van der Waals surface area contributed by atoms with Crippen LogP contribution in [-0.2, 0) is 20.2 Å². The molecule has 0 saturated heterocycles. The summed E-state index contributed by atoms with van der Waals surface area (Å²) < 4.78 is 60.4. The van der Waals surface area contributed by atoms with E-state index in [2.05, 4.69) is 0 Å². The second-order valence-electron chi connectivity index (χ2n) is 4.65. The second kappa shape index (κ2) is 7.54. The predicted molar refractivity (Wildman–Crippen MR) is 83.3 cm³/mol. The van der Waals surface area contributed by atoms with Crippen LogP contribution in [0.2, 0.25) is 0 Å². The summed E-state index contributed by atoms with van der Waals surface area (Å²) in [5.74, 6) is -0.682. The molecule has 1 heterocycles. The van der Waals surface area contributed by atoms with Gasteiger partial charge in [0.15, 0.2) is 0 Å². The highest BCUT2D eigenvalue weighted by Crippen LogP contribution is 2.25. The number of hydrogen-bond acceptors (Lipinski definition) is 6. The molecule has 0 unspecified atom stereocenters. The Balaban J connectivity index is 2.62. The zero-order chi connectivity index (χ0) is 16.1. The van der Waals surface area contributed by atoms with E-state index < -0.39 is 20.2 Å². The molecule has 0 spiro atoms. The SMILES string of the molecule is Cc1ccc(N(CCCS(=O)(=O)O)CCCS(=O)(=O)O)s1. The number of thiophene rings is 1. The fourth-order valence-electron chi connectivity index (χ4n) is 1.80. The monoisotopic (exact) mass is 357 g/mol. The van der Waals surface area contributed by atoms with Gasteiger partial charge in [-0.05, 0) is 31.9 Å². The molecule has 10 heteroatoms. The largest absolute Gasteiger partial charge is 0.363 e. The molecule has 0 amide bonds. The first-order valence-corrected chi connectivity index (χ1v) is 10.3. The van der Waals surface area contributed by atoms with E-state index in [-0.39, 0.29) is 24.3 Å². The Bertz CT molecular complexity index is 611. The quantitative estimate of drug-likeness (QED) is 0.643. The average Bonchev–Trinajstić information content (AvgIpc) is 2.70. The third-order valence-corrected chi connectivity index (χ3v) is 5.37. The molecule has 0 bridgehead atoms. The van der Waals surface area contributed by atoms with E-state index >= 15 is 0 Å². The summed E-state index contributed by atoms with van der Waals surface area (Å²) in [6, 6.07) is 3.79. The minimum atomic E-state index is -4.00. The first-order chi connectivity index (χ1) is 9.57. The van der Waals surface area contributed by atoms with Crippen LogP contribution >= 0.6 is 11.3 Å². The van der Waals surface area contributed by atoms with Crippen LogP contribution in [0.4, 0.5) is 5.00 Å². The van der Waals surface area contributed by atoms with E-state index in [1.54, 1.807) is 0 Å². The molecule has 0 saturated carbocycles. The Morgan fingerprint density at radius 1 is 1.00 bits per heavy atom. The van der Waals surface area contributed by atoms with E-state index in [0.29, 0.717) is 13.1 Å². The van der Waals surface area contributed by atoms with Gasteiger partial charge in [0.05, 0.1) is 16.5 Å². The van der Waals surface area contributed by atoms with Gasteiger partial charge in [-0.25, -0.2) is 0 Å². The normalized spacial score (nSPS) is 12.5. The van der Waals surface area contributed by atoms with Gasteiger partial charge in [-0.2, -0.15) is 16.8 Å². The molecule has 0 radical (unpaired) electrons. The van der Waals surface area contributed by atoms with Gasteiger partial charge in [-0.15, -0.1) is 11.3 Å². The van der Waals surface area contributed by atoms with Gasteiger partial charge in [0, 0.05) is 18.0 Å². The third kappa shape index (κ3) is 8.37. The minimum absolute atomic E-state index is 0.238. The van der Waals surface area contributed by atoms with E-state index in [0.717, 1.165) is 9.88 Å². The van der Waals surface area contributed by atoms with Gasteiger partial charge in [0.25, 0.3) is 20.2 Å². The van der Waals surface area contributed by atoms with Crippen LogP contribution in [0.3, 0.4) is 0 Å². The van der Waals surface area contributed by atoms with Gasteiger partial charge in [0.1, 0.15) is 0 Å². The summed E-state index contributed by atoms with van der Waals surface area (Å²) in [4.78, 5) is 2.94. The molecule has 7 nitrogen and oxygen atoms in total. The molecule has 0 atom stereocenters. The van der Waals surface area contributed by atoms with Gasteiger partial charge >= 0.3 is 0 Å². The highest BCUT2D eigenvalue weighted by atomic mass is 32.2. The number of hydrogen-bond donors (Lipinski definition) is 2. The molecular formula is C11H19NO6S3. The molecule has 2 N–H and O–H groups in total. The van der Waals surface area contributed by atoms with Gasteiger partial charge < -0.3 is 4.90 Å². The summed E-state index contributed by atoms with van der Waals surface area (Å²) in [6.07, 6.45) is 0.476. The fourth-order valence-corrected chi connectivity index (χ4v) is 3.70. The standard InChI is InChI=1S/C11H19NO6S3/c1-10-4-5-11(19-10)12(6-2-8-20(13,14)15)7-3-9-21(16,17)18/h4-5H,2-3,6-9H2,1H3,(H,13,14,15)(H,16,17,18). The molecule has 122 valence electrons. The van der Waals surface area contributed by atoms with Crippen molar-refractivity contribution in [3.63, 3.8) is 0 Å². The van der Waals surface area contributed by atoms with Crippen LogP contribution < -0.4 is 4.90 Å². The van der Waals surface area contributed by atoms with Crippen molar-refractivity contribution in [2.24, 2.45) is 0 Å². The van der Waals surface area contributed by atoms with Crippen LogP contribution in [0.15, 0.2) is 12.1 Å². The number of aryl methyl sites for hydroxylation is 1. The van der Waals surface area contributed by atoms with E-state index in [1.165, 1.54) is 11.3 Å². The van der Waals surface area contributed by atoms with Crippen LogP contribution in [0.1, 0.15) is 17.7 Å². The lowest BCUT2D eigenvalue weighted by atomic mass is 10.3. The fraction of sp³-hybridized carbons (Fsp3) is 0.636. The van der Waals surface area contributed by atoms with Crippen molar-refractivity contribution in [1.29, 1.82) is 0 Å². The van der Waals surface area contributed by atoms with Crippen molar-refractivity contribution in [2.75, 3.05) is 29.5 Å². The predicted octanol–water partition coefficient (Wildman–Crippen LogP) is 1.42. The summed E-state index contributed by atoms with van der Waals surface area (Å²) in [6.45, 7) is 2.69. The molecule has 0 fully saturated rings. The van der Waals surface area contributed by atoms with Crippen molar-refractivity contribution in [3.05, 3.63) is 17.0 Å². The lowest BCUT2D eigenvalue weighted by Gasteiger charge is -2.22. The van der Waals surface area contributed by atoms with Crippen LogP contribution in [0.5, 0.6) is 0 Å². The molecular weight excluding hydrogens is 338 g/mol. The maximum atomic E-state index is 10.7. The Morgan fingerprint density at radius 3 is 1.81 bits per heavy atom. The number of nitrogens with zero attached hydrogens (tertiary/aromatic N) is 1. The smallest absolute Gasteiger partial charge is 0.264 e. The Hall–Kier alpha value is -0.680. The Labute approximate surface area is 129 Å². The lowest BCUT2D eigenvalue weighted by Crippen LogP contribution is -2.27. The molecule has 1 aromatic heterocycles. The van der Waals surface area contributed by atoms with Gasteiger partial charge in [0.2, 0.25) is 0 Å². The summed E-state index contributed by atoms with van der Waals surface area (Å²) >= 11 is 1.51. The lowest BCUT2D eigenvalue weighted by molar-refractivity contribution is 0.480. The first kappa shape index (κ1) is 18.4. The summed E-state index contributed by atoms with van der Waals surface area (Å²) in [5.41, 5.74) is 0. The average molecular weight is 357 g/mol. The van der Waals surface area contributed by atoms with Crippen molar-refractivity contribution >= 4 is 36.6 Å². The van der Waals surface area contributed by atoms with Crippen LogP contribution in [0, 0.1) is 6.92 Å². The summed E-state index contributed by atoms with van der Waals surface area (Å²) in [7, 11) is -8.00. The van der Waals surface area contributed by atoms with Crippen molar-refractivity contribution in [1.82, 2.24) is 0 Å². The van der Waals surface area contributed by atoms with Crippen LogP contribution in [-0.4, -0.2) is 50.5 Å². The molecule has 0 aliphatic carbocycles. The molecule has 1 rings (SSSR count). The summed E-state index contributed by atoms with van der Waals surface area (Å²) in [5, 5.41) is 0.901. The van der Waals surface area contributed by atoms with E-state index in [1.807, 2.05) is 24.0 Å². The van der Waals surface area contributed by atoms with Crippen molar-refractivity contribution < 1.29 is 25.9 Å². The maximum absolute atomic E-state index is 10.7. The number of rotatable bonds is 9. The van der Waals surface area contributed by atoms with Crippen molar-refractivity contribution in [2.45, 2.75) is 19.8 Å². The molecule has 0 aromatic carbocycles. The third-order valence-electron chi connectivity index (χ3n) is 2.70. The topological polar surface area (TPSA) is 112 Å². The minimum Gasteiger partial charge on any atom is -0.363 e. The maximum Gasteiger partial charge on any atom is 0.264 e. The number of anilines is 1. The molecule has 1 aromatic rings. The first-order valence-electron chi connectivity index (χ1n) is 6.28. The zero-order valence-corrected chi connectivity index (χ0v) is 14.0. The Kier molecular flexibility index (Phi) is 6.60. The highest BCUT2D eigenvalue weighted by Gasteiger charge is 2.13. The molecule has 0 aliphatic rings. The molecule has 0 aliphatic heterocycles. The van der Waals surface area contributed by atoms with E-state index in [9.17, 15) is 16.8 Å². The second-order valence-corrected chi connectivity index (χ2v) is 9.06. The Morgan fingerprint density at radius 2 is 1.48 bits per heavy atom. The van der Waals surface area contributed by atoms with Gasteiger partial charge in [-0.1, -0.05) is 0 Å². The van der Waals surface area contributed by atoms with Crippen molar-refractivity contribution in [3.8, 4) is 0 Å². The van der Waals surface area contributed by atoms with Gasteiger partial charge in [-0.3, -0.25) is 9.11 Å². The van der Waals surface area contributed by atoms with Crippen LogP contribution in [0.25, 0.3) is 0 Å².